The third-order valence-electron chi connectivity index (χ3n) is 3.62. The van der Waals surface area contributed by atoms with E-state index in [2.05, 4.69) is 11.9 Å². The lowest BCUT2D eigenvalue weighted by Crippen LogP contribution is -2.13. The van der Waals surface area contributed by atoms with Crippen molar-refractivity contribution in [1.82, 2.24) is 4.98 Å². The van der Waals surface area contributed by atoms with Gasteiger partial charge in [-0.05, 0) is 49.8 Å². The molecule has 0 atom stereocenters. The van der Waals surface area contributed by atoms with Crippen LogP contribution in [0.3, 0.4) is 0 Å². The number of nitrogen functional groups attached to an aromatic ring is 1. The Balaban J connectivity index is 1.74. The van der Waals surface area contributed by atoms with E-state index in [-0.39, 0.29) is 0 Å². The highest BCUT2D eigenvalue weighted by Gasteiger charge is 2.21. The van der Waals surface area contributed by atoms with Gasteiger partial charge in [-0.15, -0.1) is 0 Å². The highest BCUT2D eigenvalue weighted by Crippen LogP contribution is 2.36. The summed E-state index contributed by atoms with van der Waals surface area (Å²) in [6, 6.07) is 5.61. The molecule has 4 heteroatoms. The number of nitrogens with two attached hydrogens (primary N) is 1. The Bertz CT molecular complexity index is 544. The van der Waals surface area contributed by atoms with Crippen molar-refractivity contribution < 1.29 is 4.42 Å². The lowest BCUT2D eigenvalue weighted by Gasteiger charge is -2.24. The smallest absolute Gasteiger partial charge is 0.257 e. The van der Waals surface area contributed by atoms with E-state index < -0.39 is 0 Å². The second-order valence-electron chi connectivity index (χ2n) is 5.21. The van der Waals surface area contributed by atoms with Crippen molar-refractivity contribution in [1.29, 1.82) is 0 Å². The van der Waals surface area contributed by atoms with E-state index in [0.717, 1.165) is 27.9 Å². The number of hydrogen-bond donors (Lipinski definition) is 1. The van der Waals surface area contributed by atoms with E-state index in [1.807, 2.05) is 18.2 Å². The Labute approximate surface area is 111 Å². The maximum absolute atomic E-state index is 5.75. The zero-order chi connectivity index (χ0) is 12.5. The Morgan fingerprint density at radius 1 is 1.28 bits per heavy atom. The summed E-state index contributed by atoms with van der Waals surface area (Å²) in [7, 11) is 0. The lowest BCUT2D eigenvalue weighted by atomic mass is 9.91. The predicted molar refractivity (Wildman–Crippen MR) is 75.7 cm³/mol. The third kappa shape index (κ3) is 2.48. The quantitative estimate of drug-likeness (QED) is 0.828. The molecule has 1 saturated carbocycles. The summed E-state index contributed by atoms with van der Waals surface area (Å²) < 4.78 is 5.75. The molecule has 1 aliphatic rings. The number of hydrogen-bond acceptors (Lipinski definition) is 4. The van der Waals surface area contributed by atoms with Crippen LogP contribution in [-0.2, 0) is 0 Å². The summed E-state index contributed by atoms with van der Waals surface area (Å²) in [5.41, 5.74) is 8.17. The second kappa shape index (κ2) is 4.84. The number of benzene rings is 1. The SMILES string of the molecule is CC1CCC(Sc2nc3cc(N)ccc3o2)CC1. The molecular formula is C14H18N2OS. The van der Waals surface area contributed by atoms with E-state index in [0.29, 0.717) is 5.25 Å². The highest BCUT2D eigenvalue weighted by atomic mass is 32.2. The van der Waals surface area contributed by atoms with Crippen LogP contribution in [0, 0.1) is 5.92 Å². The predicted octanol–water partition coefficient (Wildman–Crippen LogP) is 4.08. The molecule has 18 heavy (non-hydrogen) atoms. The molecule has 0 bridgehead atoms. The first-order valence-electron chi connectivity index (χ1n) is 6.53. The van der Waals surface area contributed by atoms with Gasteiger partial charge in [0.15, 0.2) is 5.58 Å². The second-order valence-corrected chi connectivity index (χ2v) is 6.46. The van der Waals surface area contributed by atoms with Crippen molar-refractivity contribution in [3.05, 3.63) is 18.2 Å². The molecule has 1 aromatic heterocycles. The first-order valence-corrected chi connectivity index (χ1v) is 7.41. The van der Waals surface area contributed by atoms with Gasteiger partial charge in [0.05, 0.1) is 0 Å². The van der Waals surface area contributed by atoms with Crippen LogP contribution in [-0.4, -0.2) is 10.2 Å². The largest absolute Gasteiger partial charge is 0.431 e. The topological polar surface area (TPSA) is 52.0 Å². The maximum atomic E-state index is 5.75. The molecule has 3 nitrogen and oxygen atoms in total. The van der Waals surface area contributed by atoms with Gasteiger partial charge in [-0.1, -0.05) is 18.7 Å². The minimum absolute atomic E-state index is 0.659. The number of thioether (sulfide) groups is 1. The Morgan fingerprint density at radius 3 is 2.83 bits per heavy atom. The van der Waals surface area contributed by atoms with Gasteiger partial charge in [-0.25, -0.2) is 4.98 Å². The van der Waals surface area contributed by atoms with Gasteiger partial charge >= 0.3 is 0 Å². The summed E-state index contributed by atoms with van der Waals surface area (Å²) in [5, 5.41) is 1.45. The monoisotopic (exact) mass is 262 g/mol. The lowest BCUT2D eigenvalue weighted by molar-refractivity contribution is 0.390. The van der Waals surface area contributed by atoms with Crippen LogP contribution in [0.4, 0.5) is 5.69 Å². The molecule has 1 aliphatic carbocycles. The van der Waals surface area contributed by atoms with E-state index >= 15 is 0 Å². The minimum Gasteiger partial charge on any atom is -0.431 e. The molecule has 0 unspecified atom stereocenters. The van der Waals surface area contributed by atoms with E-state index in [9.17, 15) is 0 Å². The third-order valence-corrected chi connectivity index (χ3v) is 4.80. The first-order chi connectivity index (χ1) is 8.70. The van der Waals surface area contributed by atoms with Crippen LogP contribution in [0.15, 0.2) is 27.8 Å². The van der Waals surface area contributed by atoms with Gasteiger partial charge in [0.25, 0.3) is 5.22 Å². The summed E-state index contributed by atoms with van der Waals surface area (Å²) in [5.74, 6) is 0.880. The molecule has 2 N–H and O–H groups in total. The fraction of sp³-hybridized carbons (Fsp3) is 0.500. The normalized spacial score (nSPS) is 24.5. The molecule has 1 fully saturated rings. The molecule has 0 radical (unpaired) electrons. The number of aromatic nitrogens is 1. The van der Waals surface area contributed by atoms with Crippen LogP contribution in [0.1, 0.15) is 32.6 Å². The van der Waals surface area contributed by atoms with Crippen LogP contribution >= 0.6 is 11.8 Å². The molecular weight excluding hydrogens is 244 g/mol. The van der Waals surface area contributed by atoms with Crippen molar-refractivity contribution in [2.24, 2.45) is 5.92 Å². The van der Waals surface area contributed by atoms with Crippen molar-refractivity contribution in [2.45, 2.75) is 43.1 Å². The van der Waals surface area contributed by atoms with Crippen molar-refractivity contribution in [2.75, 3.05) is 5.73 Å². The van der Waals surface area contributed by atoms with Crippen LogP contribution < -0.4 is 5.73 Å². The Hall–Kier alpha value is -1.16. The standard InChI is InChI=1S/C14H18N2OS/c1-9-2-5-11(6-3-9)18-14-16-12-8-10(15)4-7-13(12)17-14/h4,7-9,11H,2-3,5-6,15H2,1H3. The van der Waals surface area contributed by atoms with Gasteiger partial charge < -0.3 is 10.2 Å². The van der Waals surface area contributed by atoms with E-state index in [4.69, 9.17) is 10.2 Å². The van der Waals surface area contributed by atoms with Crippen molar-refractivity contribution in [3.8, 4) is 0 Å². The van der Waals surface area contributed by atoms with Crippen molar-refractivity contribution in [3.63, 3.8) is 0 Å². The molecule has 3 rings (SSSR count). The van der Waals surface area contributed by atoms with Crippen LogP contribution in [0.25, 0.3) is 11.1 Å². The number of rotatable bonds is 2. The molecule has 0 saturated heterocycles. The van der Waals surface area contributed by atoms with E-state index in [1.54, 1.807) is 11.8 Å². The number of nitrogens with zero attached hydrogens (tertiary/aromatic N) is 1. The highest BCUT2D eigenvalue weighted by molar-refractivity contribution is 7.99. The molecule has 0 aliphatic heterocycles. The van der Waals surface area contributed by atoms with Gasteiger partial charge in [0, 0.05) is 10.9 Å². The Kier molecular flexibility index (Phi) is 3.20. The minimum atomic E-state index is 0.659. The van der Waals surface area contributed by atoms with Gasteiger partial charge in [-0.2, -0.15) is 0 Å². The average molecular weight is 262 g/mol. The molecule has 2 aromatic rings. The maximum Gasteiger partial charge on any atom is 0.257 e. The van der Waals surface area contributed by atoms with Gasteiger partial charge in [0.2, 0.25) is 0 Å². The number of oxazole rings is 1. The van der Waals surface area contributed by atoms with E-state index in [1.165, 1.54) is 25.7 Å². The molecule has 1 aromatic carbocycles. The summed E-state index contributed by atoms with van der Waals surface area (Å²) >= 11 is 1.78. The fourth-order valence-electron chi connectivity index (χ4n) is 2.46. The van der Waals surface area contributed by atoms with Crippen molar-refractivity contribution >= 4 is 28.5 Å². The molecule has 96 valence electrons. The zero-order valence-corrected chi connectivity index (χ0v) is 11.4. The first kappa shape index (κ1) is 11.9. The fourth-order valence-corrected chi connectivity index (χ4v) is 3.55. The number of anilines is 1. The van der Waals surface area contributed by atoms with Crippen LogP contribution in [0.5, 0.6) is 0 Å². The molecule has 0 amide bonds. The van der Waals surface area contributed by atoms with Gasteiger partial charge in [-0.3, -0.25) is 0 Å². The molecule has 1 heterocycles. The Morgan fingerprint density at radius 2 is 2.06 bits per heavy atom. The molecule has 0 spiro atoms. The summed E-state index contributed by atoms with van der Waals surface area (Å²) in [6.45, 7) is 2.34. The summed E-state index contributed by atoms with van der Waals surface area (Å²) in [4.78, 5) is 4.50. The van der Waals surface area contributed by atoms with Crippen LogP contribution in [0.2, 0.25) is 0 Å². The summed E-state index contributed by atoms with van der Waals surface area (Å²) in [6.07, 6.45) is 5.19. The zero-order valence-electron chi connectivity index (χ0n) is 10.6. The van der Waals surface area contributed by atoms with Gasteiger partial charge in [0.1, 0.15) is 5.52 Å². The number of fused-ring (bicyclic) bond motifs is 1. The average Bonchev–Trinajstić information content (AvgIpc) is 2.73.